The minimum absolute atomic E-state index is 0.0855. The van der Waals surface area contributed by atoms with Gasteiger partial charge in [0.05, 0.1) is 9.92 Å². The number of aryl methyl sites for hydroxylation is 1. The van der Waals surface area contributed by atoms with Crippen molar-refractivity contribution in [3.8, 4) is 11.5 Å². The van der Waals surface area contributed by atoms with Crippen LogP contribution in [0.1, 0.15) is 30.4 Å². The quantitative estimate of drug-likeness (QED) is 0.581. The number of esters is 1. The van der Waals surface area contributed by atoms with Gasteiger partial charge < -0.3 is 14.2 Å². The summed E-state index contributed by atoms with van der Waals surface area (Å²) < 4.78 is 43.0. The first-order chi connectivity index (χ1) is 14.9. The number of benzene rings is 2. The zero-order valence-corrected chi connectivity index (χ0v) is 18.6. The number of fused-ring (bicyclic) bond motifs is 1. The number of nitrogens with zero attached hydrogens (tertiary/aromatic N) is 1. The maximum atomic E-state index is 12.6. The van der Waals surface area contributed by atoms with E-state index in [1.54, 1.807) is 36.4 Å². The lowest BCUT2D eigenvalue weighted by Gasteiger charge is -2.20. The van der Waals surface area contributed by atoms with Gasteiger partial charge in [-0.1, -0.05) is 23.7 Å². The minimum atomic E-state index is -3.42. The first kappa shape index (κ1) is 21.9. The van der Waals surface area contributed by atoms with E-state index in [1.165, 1.54) is 4.31 Å². The lowest BCUT2D eigenvalue weighted by molar-refractivity contribution is -0.144. The number of ether oxygens (including phenoxy) is 3. The lowest BCUT2D eigenvalue weighted by atomic mass is 10.1. The van der Waals surface area contributed by atoms with Gasteiger partial charge in [-0.25, -0.2) is 8.42 Å². The molecule has 0 spiro atoms. The summed E-state index contributed by atoms with van der Waals surface area (Å²) >= 11 is 6.20. The highest BCUT2D eigenvalue weighted by Gasteiger charge is 2.26. The van der Waals surface area contributed by atoms with E-state index in [0.717, 1.165) is 24.0 Å². The molecule has 2 aliphatic heterocycles. The van der Waals surface area contributed by atoms with Gasteiger partial charge in [-0.15, -0.1) is 0 Å². The number of carbonyl (C=O) groups is 1. The maximum Gasteiger partial charge on any atom is 0.306 e. The van der Waals surface area contributed by atoms with Crippen molar-refractivity contribution in [2.24, 2.45) is 0 Å². The Morgan fingerprint density at radius 2 is 1.74 bits per heavy atom. The predicted octanol–water partition coefficient (Wildman–Crippen LogP) is 3.57. The summed E-state index contributed by atoms with van der Waals surface area (Å²) in [6.07, 6.45) is 2.46. The van der Waals surface area contributed by atoms with Gasteiger partial charge in [0.25, 0.3) is 0 Å². The van der Waals surface area contributed by atoms with Crippen LogP contribution in [0.3, 0.4) is 0 Å². The van der Waals surface area contributed by atoms with Crippen LogP contribution in [0.15, 0.2) is 41.3 Å². The minimum Gasteiger partial charge on any atom is -0.486 e. The largest absolute Gasteiger partial charge is 0.486 e. The van der Waals surface area contributed by atoms with Crippen LogP contribution in [0.25, 0.3) is 0 Å². The second kappa shape index (κ2) is 9.46. The number of carbonyl (C=O) groups excluding carboxylic acids is 1. The van der Waals surface area contributed by atoms with Gasteiger partial charge in [0.15, 0.2) is 11.5 Å². The van der Waals surface area contributed by atoms with Crippen LogP contribution in [0.2, 0.25) is 5.02 Å². The molecule has 1 fully saturated rings. The summed E-state index contributed by atoms with van der Waals surface area (Å²) in [4.78, 5) is 12.4. The third-order valence-electron chi connectivity index (χ3n) is 5.30. The molecule has 9 heteroatoms. The smallest absolute Gasteiger partial charge is 0.306 e. The van der Waals surface area contributed by atoms with E-state index in [4.69, 9.17) is 25.8 Å². The zero-order valence-electron chi connectivity index (χ0n) is 17.0. The molecule has 0 amide bonds. The fraction of sp³-hybridized carbons (Fsp3) is 0.409. The summed E-state index contributed by atoms with van der Waals surface area (Å²) in [5.74, 6) is 0.715. The maximum absolute atomic E-state index is 12.6. The van der Waals surface area contributed by atoms with Crippen molar-refractivity contribution in [2.75, 3.05) is 26.3 Å². The van der Waals surface area contributed by atoms with E-state index in [9.17, 15) is 13.2 Å². The fourth-order valence-electron chi connectivity index (χ4n) is 3.64. The first-order valence-electron chi connectivity index (χ1n) is 10.3. The molecular weight excluding hydrogens is 442 g/mol. The van der Waals surface area contributed by atoms with Crippen molar-refractivity contribution >= 4 is 27.6 Å². The molecule has 1 saturated heterocycles. The number of hydrogen-bond acceptors (Lipinski definition) is 6. The average molecular weight is 466 g/mol. The van der Waals surface area contributed by atoms with Crippen molar-refractivity contribution in [2.45, 2.75) is 37.2 Å². The van der Waals surface area contributed by atoms with E-state index in [1.807, 2.05) is 0 Å². The molecule has 4 rings (SSSR count). The van der Waals surface area contributed by atoms with Crippen LogP contribution < -0.4 is 9.47 Å². The molecule has 166 valence electrons. The summed E-state index contributed by atoms with van der Waals surface area (Å²) in [7, 11) is -3.42. The number of rotatable bonds is 7. The SMILES string of the molecule is O=C(CCc1ccc(S(=O)(=O)N2CCCC2)cc1)OCc1cc(Cl)c2c(c1)OCCO2. The van der Waals surface area contributed by atoms with Crippen LogP contribution >= 0.6 is 11.6 Å². The van der Waals surface area contributed by atoms with Crippen molar-refractivity contribution in [3.63, 3.8) is 0 Å². The molecule has 0 aliphatic carbocycles. The van der Waals surface area contributed by atoms with Gasteiger partial charge in [-0.3, -0.25) is 4.79 Å². The summed E-state index contributed by atoms with van der Waals surface area (Å²) in [6, 6.07) is 10.2. The molecule has 0 atom stereocenters. The Kier molecular flexibility index (Phi) is 6.69. The first-order valence-corrected chi connectivity index (χ1v) is 12.1. The van der Waals surface area contributed by atoms with Crippen molar-refractivity contribution in [1.82, 2.24) is 4.31 Å². The third kappa shape index (κ3) is 5.14. The van der Waals surface area contributed by atoms with Gasteiger partial charge in [-0.05, 0) is 54.7 Å². The molecule has 0 aromatic heterocycles. The fourth-order valence-corrected chi connectivity index (χ4v) is 5.44. The Hall–Kier alpha value is -2.29. The van der Waals surface area contributed by atoms with Crippen LogP contribution in [0.4, 0.5) is 0 Å². The molecule has 0 radical (unpaired) electrons. The highest BCUT2D eigenvalue weighted by molar-refractivity contribution is 7.89. The van der Waals surface area contributed by atoms with Gasteiger partial charge in [0, 0.05) is 19.5 Å². The standard InChI is InChI=1S/C22H24ClNO6S/c23-19-13-17(14-20-22(19)29-12-11-28-20)15-30-21(25)8-5-16-3-6-18(7-4-16)31(26,27)24-9-1-2-10-24/h3-4,6-7,13-14H,1-2,5,8-12,15H2. The molecule has 0 unspecified atom stereocenters. The Morgan fingerprint density at radius 1 is 1.03 bits per heavy atom. The lowest BCUT2D eigenvalue weighted by Crippen LogP contribution is -2.27. The molecule has 2 aromatic carbocycles. The topological polar surface area (TPSA) is 82.1 Å². The van der Waals surface area contributed by atoms with E-state index < -0.39 is 10.0 Å². The highest BCUT2D eigenvalue weighted by atomic mass is 35.5. The zero-order chi connectivity index (χ0) is 21.8. The predicted molar refractivity (Wildman–Crippen MR) is 115 cm³/mol. The molecule has 2 aromatic rings. The van der Waals surface area contributed by atoms with E-state index in [-0.39, 0.29) is 23.9 Å². The summed E-state index contributed by atoms with van der Waals surface area (Å²) in [5.41, 5.74) is 1.60. The van der Waals surface area contributed by atoms with Crippen molar-refractivity contribution < 1.29 is 27.4 Å². The van der Waals surface area contributed by atoms with E-state index in [0.29, 0.717) is 49.2 Å². The molecule has 2 aliphatic rings. The second-order valence-corrected chi connectivity index (χ2v) is 9.86. The normalized spacial score (nSPS) is 16.3. The van der Waals surface area contributed by atoms with E-state index >= 15 is 0 Å². The average Bonchev–Trinajstić information content (AvgIpc) is 3.33. The molecule has 0 saturated carbocycles. The van der Waals surface area contributed by atoms with Crippen LogP contribution in [0.5, 0.6) is 11.5 Å². The Balaban J connectivity index is 1.29. The molecule has 0 N–H and O–H groups in total. The Labute approximate surface area is 186 Å². The Bertz CT molecular complexity index is 1050. The van der Waals surface area contributed by atoms with E-state index in [2.05, 4.69) is 0 Å². The highest BCUT2D eigenvalue weighted by Crippen LogP contribution is 2.38. The van der Waals surface area contributed by atoms with Crippen molar-refractivity contribution in [1.29, 1.82) is 0 Å². The molecule has 31 heavy (non-hydrogen) atoms. The Morgan fingerprint density at radius 3 is 2.48 bits per heavy atom. The van der Waals surface area contributed by atoms with Crippen LogP contribution in [-0.2, 0) is 32.6 Å². The number of halogens is 1. The summed E-state index contributed by atoms with van der Waals surface area (Å²) in [6.45, 7) is 2.13. The van der Waals surface area contributed by atoms with Crippen molar-refractivity contribution in [3.05, 3.63) is 52.5 Å². The molecular formula is C22H24ClNO6S. The monoisotopic (exact) mass is 465 g/mol. The van der Waals surface area contributed by atoms with Gasteiger partial charge in [-0.2, -0.15) is 4.31 Å². The molecule has 0 bridgehead atoms. The van der Waals surface area contributed by atoms with Crippen LogP contribution in [0, 0.1) is 0 Å². The second-order valence-electron chi connectivity index (χ2n) is 7.52. The third-order valence-corrected chi connectivity index (χ3v) is 7.49. The van der Waals surface area contributed by atoms with Gasteiger partial charge >= 0.3 is 5.97 Å². The summed E-state index contributed by atoms with van der Waals surface area (Å²) in [5, 5.41) is 0.423. The van der Waals surface area contributed by atoms with Gasteiger partial charge in [0.2, 0.25) is 10.0 Å². The number of hydrogen-bond donors (Lipinski definition) is 0. The molecule has 2 heterocycles. The molecule has 7 nitrogen and oxygen atoms in total. The van der Waals surface area contributed by atoms with Gasteiger partial charge in [0.1, 0.15) is 19.8 Å². The number of sulfonamides is 1. The van der Waals surface area contributed by atoms with Crippen LogP contribution in [-0.4, -0.2) is 45.0 Å².